The van der Waals surface area contributed by atoms with E-state index in [0.29, 0.717) is 0 Å². The van der Waals surface area contributed by atoms with Crippen LogP contribution >= 0.6 is 0 Å². The summed E-state index contributed by atoms with van der Waals surface area (Å²) in [4.78, 5) is 2.36. The van der Waals surface area contributed by atoms with E-state index in [0.717, 1.165) is 6.42 Å². The van der Waals surface area contributed by atoms with E-state index in [2.05, 4.69) is 11.9 Å². The van der Waals surface area contributed by atoms with Gasteiger partial charge in [-0.05, 0) is 57.1 Å². The first-order valence-corrected chi connectivity index (χ1v) is 5.65. The zero-order valence-electron chi connectivity index (χ0n) is 9.67. The molecular formula is C13H20FN. The van der Waals surface area contributed by atoms with Crippen LogP contribution in [0.25, 0.3) is 0 Å². The van der Waals surface area contributed by atoms with Gasteiger partial charge in [0.1, 0.15) is 5.82 Å². The molecule has 1 aromatic rings. The van der Waals surface area contributed by atoms with Crippen LogP contribution in [0.2, 0.25) is 0 Å². The normalized spacial score (nSPS) is 15.9. The molecule has 1 nitrogen and oxygen atoms in total. The van der Waals surface area contributed by atoms with E-state index in [1.54, 1.807) is 12.1 Å². The maximum Gasteiger partial charge on any atom is 0.123 e. The molecule has 0 amide bonds. The molecule has 2 rings (SSSR count). The van der Waals surface area contributed by atoms with Crippen molar-refractivity contribution in [2.45, 2.75) is 26.2 Å². The Hall–Kier alpha value is -0.890. The van der Waals surface area contributed by atoms with Gasteiger partial charge in [-0.2, -0.15) is 0 Å². The lowest BCUT2D eigenvalue weighted by Crippen LogP contribution is -2.10. The van der Waals surface area contributed by atoms with Gasteiger partial charge in [-0.3, -0.25) is 0 Å². The van der Waals surface area contributed by atoms with Gasteiger partial charge >= 0.3 is 0 Å². The summed E-state index contributed by atoms with van der Waals surface area (Å²) in [6.45, 7) is 4.69. The third-order valence-electron chi connectivity index (χ3n) is 2.65. The Morgan fingerprint density at radius 3 is 2.00 bits per heavy atom. The molecule has 1 heterocycles. The highest BCUT2D eigenvalue weighted by Crippen LogP contribution is 2.02. The van der Waals surface area contributed by atoms with E-state index in [1.165, 1.54) is 43.6 Å². The molecule has 1 aliphatic heterocycles. The van der Waals surface area contributed by atoms with Gasteiger partial charge < -0.3 is 4.90 Å². The van der Waals surface area contributed by atoms with Gasteiger partial charge in [-0.1, -0.05) is 19.1 Å². The second-order valence-electron chi connectivity index (χ2n) is 3.99. The zero-order valence-corrected chi connectivity index (χ0v) is 9.67. The van der Waals surface area contributed by atoms with Crippen LogP contribution < -0.4 is 0 Å². The SMILES string of the molecule is CCc1ccc(F)cc1.CN1CCCC1. The molecule has 0 bridgehead atoms. The highest BCUT2D eigenvalue weighted by Gasteiger charge is 2.03. The zero-order chi connectivity index (χ0) is 11.1. The summed E-state index contributed by atoms with van der Waals surface area (Å²) in [6.07, 6.45) is 3.80. The van der Waals surface area contributed by atoms with Crippen molar-refractivity contribution in [2.75, 3.05) is 20.1 Å². The molecule has 1 aromatic carbocycles. The fourth-order valence-corrected chi connectivity index (χ4v) is 1.60. The molecule has 0 aliphatic carbocycles. The Balaban J connectivity index is 0.000000162. The topological polar surface area (TPSA) is 3.24 Å². The quantitative estimate of drug-likeness (QED) is 0.687. The minimum Gasteiger partial charge on any atom is -0.306 e. The lowest BCUT2D eigenvalue weighted by molar-refractivity contribution is 0.418. The van der Waals surface area contributed by atoms with Crippen molar-refractivity contribution in [2.24, 2.45) is 0 Å². The second kappa shape index (κ2) is 6.57. The summed E-state index contributed by atoms with van der Waals surface area (Å²) < 4.78 is 12.2. The average Bonchev–Trinajstić information content (AvgIpc) is 2.71. The van der Waals surface area contributed by atoms with Gasteiger partial charge in [-0.15, -0.1) is 0 Å². The first-order valence-electron chi connectivity index (χ1n) is 5.65. The Morgan fingerprint density at radius 1 is 1.13 bits per heavy atom. The third-order valence-corrected chi connectivity index (χ3v) is 2.65. The molecule has 15 heavy (non-hydrogen) atoms. The van der Waals surface area contributed by atoms with E-state index in [9.17, 15) is 4.39 Å². The van der Waals surface area contributed by atoms with Crippen LogP contribution in [0.15, 0.2) is 24.3 Å². The highest BCUT2D eigenvalue weighted by atomic mass is 19.1. The maximum absolute atomic E-state index is 12.2. The van der Waals surface area contributed by atoms with E-state index in [1.807, 2.05) is 6.92 Å². The number of halogens is 1. The summed E-state index contributed by atoms with van der Waals surface area (Å²) in [5.41, 5.74) is 1.18. The molecule has 1 fully saturated rings. The van der Waals surface area contributed by atoms with Crippen molar-refractivity contribution < 1.29 is 4.39 Å². The Bertz CT molecular complexity index is 262. The number of nitrogens with zero attached hydrogens (tertiary/aromatic N) is 1. The molecule has 0 unspecified atom stereocenters. The number of aryl methyl sites for hydroxylation is 1. The van der Waals surface area contributed by atoms with Crippen LogP contribution in [0, 0.1) is 5.82 Å². The Labute approximate surface area is 91.9 Å². The summed E-state index contributed by atoms with van der Waals surface area (Å²) in [7, 11) is 2.17. The fourth-order valence-electron chi connectivity index (χ4n) is 1.60. The summed E-state index contributed by atoms with van der Waals surface area (Å²) in [5, 5.41) is 0. The van der Waals surface area contributed by atoms with Crippen molar-refractivity contribution in [1.29, 1.82) is 0 Å². The number of rotatable bonds is 1. The summed E-state index contributed by atoms with van der Waals surface area (Å²) in [6, 6.07) is 6.57. The number of benzene rings is 1. The van der Waals surface area contributed by atoms with Gasteiger partial charge in [-0.25, -0.2) is 4.39 Å². The number of hydrogen-bond donors (Lipinski definition) is 0. The van der Waals surface area contributed by atoms with Gasteiger partial charge in [0, 0.05) is 0 Å². The second-order valence-corrected chi connectivity index (χ2v) is 3.99. The summed E-state index contributed by atoms with van der Waals surface area (Å²) >= 11 is 0. The number of likely N-dealkylation sites (tertiary alicyclic amines) is 1. The monoisotopic (exact) mass is 209 g/mol. The molecular weight excluding hydrogens is 189 g/mol. The van der Waals surface area contributed by atoms with Crippen molar-refractivity contribution in [3.05, 3.63) is 35.6 Å². The first kappa shape index (κ1) is 12.2. The minimum atomic E-state index is -0.160. The molecule has 1 aliphatic rings. The van der Waals surface area contributed by atoms with Crippen molar-refractivity contribution >= 4 is 0 Å². The molecule has 0 aromatic heterocycles. The lowest BCUT2D eigenvalue weighted by atomic mass is 10.2. The Morgan fingerprint density at radius 2 is 1.67 bits per heavy atom. The van der Waals surface area contributed by atoms with E-state index < -0.39 is 0 Å². The van der Waals surface area contributed by atoms with Gasteiger partial charge in [0.05, 0.1) is 0 Å². The molecule has 2 heteroatoms. The highest BCUT2D eigenvalue weighted by molar-refractivity contribution is 5.15. The third kappa shape index (κ3) is 4.93. The molecule has 0 N–H and O–H groups in total. The molecule has 0 radical (unpaired) electrons. The molecule has 0 saturated carbocycles. The predicted molar refractivity (Wildman–Crippen MR) is 62.5 cm³/mol. The van der Waals surface area contributed by atoms with Crippen molar-refractivity contribution in [1.82, 2.24) is 4.90 Å². The van der Waals surface area contributed by atoms with Crippen molar-refractivity contribution in [3.8, 4) is 0 Å². The van der Waals surface area contributed by atoms with Crippen molar-refractivity contribution in [3.63, 3.8) is 0 Å². The van der Waals surface area contributed by atoms with Crippen LogP contribution in [0.3, 0.4) is 0 Å². The van der Waals surface area contributed by atoms with Gasteiger partial charge in [0.25, 0.3) is 0 Å². The maximum atomic E-state index is 12.2. The fraction of sp³-hybridized carbons (Fsp3) is 0.538. The van der Waals surface area contributed by atoms with Crippen LogP contribution in [0.4, 0.5) is 4.39 Å². The predicted octanol–water partition coefficient (Wildman–Crippen LogP) is 3.10. The molecule has 0 spiro atoms. The van der Waals surface area contributed by atoms with Gasteiger partial charge in [0.2, 0.25) is 0 Å². The smallest absolute Gasteiger partial charge is 0.123 e. The first-order chi connectivity index (χ1) is 7.22. The summed E-state index contributed by atoms with van der Waals surface area (Å²) in [5.74, 6) is -0.160. The van der Waals surface area contributed by atoms with Crippen LogP contribution in [0.1, 0.15) is 25.3 Å². The Kier molecular flexibility index (Phi) is 5.33. The molecule has 84 valence electrons. The van der Waals surface area contributed by atoms with Crippen LogP contribution in [-0.2, 0) is 6.42 Å². The van der Waals surface area contributed by atoms with Crippen LogP contribution in [0.5, 0.6) is 0 Å². The van der Waals surface area contributed by atoms with Gasteiger partial charge in [0.15, 0.2) is 0 Å². The largest absolute Gasteiger partial charge is 0.306 e. The minimum absolute atomic E-state index is 0.160. The average molecular weight is 209 g/mol. The lowest BCUT2D eigenvalue weighted by Gasteiger charge is -2.01. The standard InChI is InChI=1S/C8H9F.C5H11N/c1-2-7-3-5-8(9)6-4-7;1-6-4-2-3-5-6/h3-6H,2H2,1H3;2-5H2,1H3. The van der Waals surface area contributed by atoms with Crippen LogP contribution in [-0.4, -0.2) is 25.0 Å². The van der Waals surface area contributed by atoms with E-state index in [4.69, 9.17) is 0 Å². The molecule has 0 atom stereocenters. The van der Waals surface area contributed by atoms with E-state index >= 15 is 0 Å². The molecule has 1 saturated heterocycles. The van der Waals surface area contributed by atoms with E-state index in [-0.39, 0.29) is 5.82 Å². The number of hydrogen-bond acceptors (Lipinski definition) is 1.